The first kappa shape index (κ1) is 13.0. The third kappa shape index (κ3) is 3.83. The molecule has 0 saturated carbocycles. The number of rotatable bonds is 6. The number of aromatic nitrogens is 2. The lowest BCUT2D eigenvalue weighted by atomic mass is 10.2. The Labute approximate surface area is 100 Å². The van der Waals surface area contributed by atoms with Crippen molar-refractivity contribution in [3.05, 3.63) is 11.5 Å². The van der Waals surface area contributed by atoms with E-state index in [1.165, 1.54) is 6.20 Å². The van der Waals surface area contributed by atoms with E-state index in [-0.39, 0.29) is 11.9 Å². The van der Waals surface area contributed by atoms with Crippen LogP contribution in [0.2, 0.25) is 5.28 Å². The smallest absolute Gasteiger partial charge is 0.224 e. The highest BCUT2D eigenvalue weighted by atomic mass is 35.5. The molecular formula is C10H17ClN4O. The summed E-state index contributed by atoms with van der Waals surface area (Å²) in [5, 5.41) is 8.86. The Morgan fingerprint density at radius 3 is 2.88 bits per heavy atom. The van der Waals surface area contributed by atoms with Crippen molar-refractivity contribution in [3.8, 4) is 0 Å². The van der Waals surface area contributed by atoms with E-state index in [9.17, 15) is 0 Å². The number of hydrogen-bond acceptors (Lipinski definition) is 5. The fourth-order valence-corrected chi connectivity index (χ4v) is 1.54. The Hall–Kier alpha value is -1.07. The standard InChI is InChI=1S/C10H17ClN4O/c1-15(5-3-2-4-6-16)9-8(12)7-13-10(11)14-9/h7,16H,2-6,12H2,1H3. The molecule has 0 amide bonds. The van der Waals surface area contributed by atoms with E-state index in [0.29, 0.717) is 11.5 Å². The number of aliphatic hydroxyl groups excluding tert-OH is 1. The first-order valence-corrected chi connectivity index (χ1v) is 5.63. The minimum absolute atomic E-state index is 0.200. The molecule has 0 unspecified atom stereocenters. The van der Waals surface area contributed by atoms with Gasteiger partial charge in [0.05, 0.1) is 11.9 Å². The van der Waals surface area contributed by atoms with Crippen LogP contribution in [-0.2, 0) is 0 Å². The van der Waals surface area contributed by atoms with Gasteiger partial charge in [-0.15, -0.1) is 0 Å². The van der Waals surface area contributed by atoms with Gasteiger partial charge in [-0.1, -0.05) is 0 Å². The highest BCUT2D eigenvalue weighted by molar-refractivity contribution is 6.28. The molecule has 0 radical (unpaired) electrons. The number of aliphatic hydroxyl groups is 1. The molecule has 3 N–H and O–H groups in total. The van der Waals surface area contributed by atoms with Crippen LogP contribution in [0.25, 0.3) is 0 Å². The van der Waals surface area contributed by atoms with Crippen molar-refractivity contribution in [1.82, 2.24) is 9.97 Å². The molecule has 6 heteroatoms. The average molecular weight is 245 g/mol. The van der Waals surface area contributed by atoms with Crippen LogP contribution in [0.1, 0.15) is 19.3 Å². The van der Waals surface area contributed by atoms with E-state index in [0.717, 1.165) is 25.8 Å². The topological polar surface area (TPSA) is 75.3 Å². The lowest BCUT2D eigenvalue weighted by Gasteiger charge is -2.19. The number of nitrogens with zero attached hydrogens (tertiary/aromatic N) is 3. The van der Waals surface area contributed by atoms with Gasteiger partial charge < -0.3 is 15.7 Å². The second-order valence-electron chi connectivity index (χ2n) is 3.62. The first-order chi connectivity index (χ1) is 7.65. The number of nitrogen functional groups attached to an aromatic ring is 1. The molecule has 0 spiro atoms. The summed E-state index contributed by atoms with van der Waals surface area (Å²) in [6, 6.07) is 0. The molecule has 0 aliphatic heterocycles. The zero-order valence-corrected chi connectivity index (χ0v) is 10.1. The Morgan fingerprint density at radius 1 is 1.44 bits per heavy atom. The third-order valence-electron chi connectivity index (χ3n) is 2.28. The Kier molecular flexibility index (Phi) is 5.28. The predicted molar refractivity (Wildman–Crippen MR) is 65.7 cm³/mol. The van der Waals surface area contributed by atoms with E-state index in [1.54, 1.807) is 0 Å². The van der Waals surface area contributed by atoms with E-state index >= 15 is 0 Å². The molecule has 5 nitrogen and oxygen atoms in total. The summed E-state index contributed by atoms with van der Waals surface area (Å²) < 4.78 is 0. The van der Waals surface area contributed by atoms with Crippen molar-refractivity contribution in [2.24, 2.45) is 0 Å². The highest BCUT2D eigenvalue weighted by Gasteiger charge is 2.08. The van der Waals surface area contributed by atoms with Crippen molar-refractivity contribution < 1.29 is 5.11 Å². The summed E-state index contributed by atoms with van der Waals surface area (Å²) >= 11 is 5.71. The van der Waals surface area contributed by atoms with Crippen LogP contribution in [0.15, 0.2) is 6.20 Å². The molecule has 1 heterocycles. The minimum Gasteiger partial charge on any atom is -0.396 e. The van der Waals surface area contributed by atoms with Gasteiger partial charge >= 0.3 is 0 Å². The van der Waals surface area contributed by atoms with Gasteiger partial charge in [-0.25, -0.2) is 4.98 Å². The number of unbranched alkanes of at least 4 members (excludes halogenated alkanes) is 2. The lowest BCUT2D eigenvalue weighted by Crippen LogP contribution is -2.21. The maximum atomic E-state index is 8.66. The SMILES string of the molecule is CN(CCCCCO)c1nc(Cl)ncc1N. The number of nitrogens with two attached hydrogens (primary N) is 1. The summed E-state index contributed by atoms with van der Waals surface area (Å²) in [6.45, 7) is 1.07. The number of halogens is 1. The van der Waals surface area contributed by atoms with E-state index in [4.69, 9.17) is 22.4 Å². The molecule has 0 aliphatic carbocycles. The van der Waals surface area contributed by atoms with Crippen molar-refractivity contribution in [3.63, 3.8) is 0 Å². The molecule has 0 aliphatic rings. The summed E-state index contributed by atoms with van der Waals surface area (Å²) in [5.74, 6) is 0.656. The van der Waals surface area contributed by atoms with Crippen LogP contribution < -0.4 is 10.6 Å². The van der Waals surface area contributed by atoms with Gasteiger partial charge in [0.2, 0.25) is 5.28 Å². The first-order valence-electron chi connectivity index (χ1n) is 5.25. The van der Waals surface area contributed by atoms with Gasteiger partial charge in [0.1, 0.15) is 0 Å². The van der Waals surface area contributed by atoms with Crippen LogP contribution in [-0.4, -0.2) is 35.3 Å². The van der Waals surface area contributed by atoms with E-state index in [1.807, 2.05) is 11.9 Å². The van der Waals surface area contributed by atoms with Gasteiger partial charge in [0.15, 0.2) is 5.82 Å². The fourth-order valence-electron chi connectivity index (χ4n) is 1.41. The molecule has 0 atom stereocenters. The summed E-state index contributed by atoms with van der Waals surface area (Å²) in [6.07, 6.45) is 4.31. The zero-order valence-electron chi connectivity index (χ0n) is 9.36. The largest absolute Gasteiger partial charge is 0.396 e. The molecule has 0 saturated heterocycles. The summed E-state index contributed by atoms with van der Waals surface area (Å²) in [4.78, 5) is 9.82. The second kappa shape index (κ2) is 6.50. The molecule has 90 valence electrons. The molecule has 0 bridgehead atoms. The normalized spacial score (nSPS) is 10.4. The highest BCUT2D eigenvalue weighted by Crippen LogP contribution is 2.19. The Morgan fingerprint density at radius 2 is 2.19 bits per heavy atom. The molecule has 1 aromatic heterocycles. The maximum absolute atomic E-state index is 8.66. The van der Waals surface area contributed by atoms with Crippen LogP contribution in [0.5, 0.6) is 0 Å². The quantitative estimate of drug-likeness (QED) is 0.583. The van der Waals surface area contributed by atoms with Gasteiger partial charge in [-0.2, -0.15) is 4.98 Å². The van der Waals surface area contributed by atoms with Gasteiger partial charge in [0.25, 0.3) is 0 Å². The minimum atomic E-state index is 0.200. The van der Waals surface area contributed by atoms with Gasteiger partial charge in [-0.3, -0.25) is 0 Å². The summed E-state index contributed by atoms with van der Waals surface area (Å²) in [7, 11) is 1.91. The monoisotopic (exact) mass is 244 g/mol. The zero-order chi connectivity index (χ0) is 12.0. The molecule has 16 heavy (non-hydrogen) atoms. The maximum Gasteiger partial charge on any atom is 0.224 e. The predicted octanol–water partition coefficient (Wildman–Crippen LogP) is 1.31. The van der Waals surface area contributed by atoms with Gasteiger partial charge in [0, 0.05) is 20.2 Å². The van der Waals surface area contributed by atoms with Crippen molar-refractivity contribution in [1.29, 1.82) is 0 Å². The number of hydrogen-bond donors (Lipinski definition) is 2. The average Bonchev–Trinajstić information content (AvgIpc) is 2.27. The second-order valence-corrected chi connectivity index (χ2v) is 3.96. The summed E-state index contributed by atoms with van der Waals surface area (Å²) in [5.41, 5.74) is 6.28. The Balaban J connectivity index is 2.51. The van der Waals surface area contributed by atoms with Gasteiger partial charge in [-0.05, 0) is 30.9 Å². The van der Waals surface area contributed by atoms with Crippen LogP contribution in [0.4, 0.5) is 11.5 Å². The number of anilines is 2. The van der Waals surface area contributed by atoms with Crippen LogP contribution >= 0.6 is 11.6 Å². The molecular weight excluding hydrogens is 228 g/mol. The molecule has 0 fully saturated rings. The van der Waals surface area contributed by atoms with Crippen molar-refractivity contribution in [2.45, 2.75) is 19.3 Å². The van der Waals surface area contributed by atoms with Crippen LogP contribution in [0, 0.1) is 0 Å². The molecule has 1 aromatic rings. The lowest BCUT2D eigenvalue weighted by molar-refractivity contribution is 0.283. The fraction of sp³-hybridized carbons (Fsp3) is 0.600. The van der Waals surface area contributed by atoms with Crippen molar-refractivity contribution in [2.75, 3.05) is 30.8 Å². The van der Waals surface area contributed by atoms with E-state index in [2.05, 4.69) is 9.97 Å². The Bertz CT molecular complexity index is 335. The molecule has 1 rings (SSSR count). The third-order valence-corrected chi connectivity index (χ3v) is 2.46. The van der Waals surface area contributed by atoms with Crippen LogP contribution in [0.3, 0.4) is 0 Å². The molecule has 0 aromatic carbocycles. The van der Waals surface area contributed by atoms with Crippen molar-refractivity contribution >= 4 is 23.1 Å². The van der Waals surface area contributed by atoms with E-state index < -0.39 is 0 Å².